The highest BCUT2D eigenvalue weighted by molar-refractivity contribution is 6.07. The summed E-state index contributed by atoms with van der Waals surface area (Å²) >= 11 is 0. The Bertz CT molecular complexity index is 822. The van der Waals surface area contributed by atoms with Gasteiger partial charge in [-0.1, -0.05) is 55.9 Å². The molecule has 1 heterocycles. The van der Waals surface area contributed by atoms with Gasteiger partial charge in [0.25, 0.3) is 0 Å². The fraction of sp³-hybridized carbons (Fsp3) is 0.375. The molecular formula is C24H27NO. The van der Waals surface area contributed by atoms with E-state index in [1.165, 1.54) is 18.5 Å². The average Bonchev–Trinajstić information content (AvgIpc) is 2.67. The van der Waals surface area contributed by atoms with Gasteiger partial charge in [-0.25, -0.2) is 0 Å². The summed E-state index contributed by atoms with van der Waals surface area (Å²) in [6.45, 7) is 4.59. The molecule has 2 nitrogen and oxygen atoms in total. The van der Waals surface area contributed by atoms with Crippen molar-refractivity contribution < 1.29 is 4.74 Å². The number of hydrogen-bond donors (Lipinski definition) is 0. The smallest absolute Gasteiger partial charge is 0.129 e. The van der Waals surface area contributed by atoms with Gasteiger partial charge in [0.15, 0.2) is 0 Å². The highest BCUT2D eigenvalue weighted by Crippen LogP contribution is 2.35. The first-order valence-electron chi connectivity index (χ1n) is 9.79. The Labute approximate surface area is 156 Å². The predicted octanol–water partition coefficient (Wildman–Crippen LogP) is 6.02. The number of benzene rings is 1. The first-order chi connectivity index (χ1) is 12.7. The third-order valence-electron chi connectivity index (χ3n) is 5.35. The van der Waals surface area contributed by atoms with Crippen molar-refractivity contribution in [3.63, 3.8) is 0 Å². The number of ether oxygens (including phenoxy) is 1. The van der Waals surface area contributed by atoms with Crippen LogP contribution in [0.15, 0.2) is 77.0 Å². The van der Waals surface area contributed by atoms with Gasteiger partial charge in [0.2, 0.25) is 0 Å². The van der Waals surface area contributed by atoms with Crippen LogP contribution < -0.4 is 4.74 Å². The molecule has 1 aromatic carbocycles. The van der Waals surface area contributed by atoms with Gasteiger partial charge in [-0.2, -0.15) is 0 Å². The van der Waals surface area contributed by atoms with E-state index < -0.39 is 0 Å². The molecule has 0 fully saturated rings. The minimum absolute atomic E-state index is 0.0509. The summed E-state index contributed by atoms with van der Waals surface area (Å²) in [5, 5.41) is 0. The van der Waals surface area contributed by atoms with Crippen molar-refractivity contribution in [2.75, 3.05) is 0 Å². The molecular weight excluding hydrogens is 318 g/mol. The minimum atomic E-state index is 0.0509. The molecule has 1 aromatic rings. The summed E-state index contributed by atoms with van der Waals surface area (Å²) < 4.78 is 6.18. The van der Waals surface area contributed by atoms with E-state index in [4.69, 9.17) is 9.73 Å². The van der Waals surface area contributed by atoms with Crippen LogP contribution in [-0.4, -0.2) is 11.8 Å². The summed E-state index contributed by atoms with van der Waals surface area (Å²) in [6.07, 6.45) is 17.7. The normalized spacial score (nSPS) is 25.4. The number of nitrogens with zero attached hydrogens (tertiary/aromatic N) is 1. The number of allylic oxidation sites excluding steroid dienone is 6. The van der Waals surface area contributed by atoms with Gasteiger partial charge < -0.3 is 4.74 Å². The Hall–Kier alpha value is -2.35. The van der Waals surface area contributed by atoms with Crippen molar-refractivity contribution in [3.8, 4) is 5.75 Å². The molecule has 4 rings (SSSR count). The lowest BCUT2D eigenvalue weighted by molar-refractivity contribution is 0.219. The number of aliphatic imine (C=N–C) groups is 1. The van der Waals surface area contributed by atoms with Crippen LogP contribution in [0, 0.1) is 11.8 Å². The highest BCUT2D eigenvalue weighted by atomic mass is 16.5. The Morgan fingerprint density at radius 1 is 1.08 bits per heavy atom. The summed E-state index contributed by atoms with van der Waals surface area (Å²) in [6, 6.07) is 8.28. The molecule has 1 aliphatic heterocycles. The third kappa shape index (κ3) is 3.60. The summed E-state index contributed by atoms with van der Waals surface area (Å²) in [5.74, 6) is 1.91. The van der Waals surface area contributed by atoms with E-state index in [9.17, 15) is 0 Å². The summed E-state index contributed by atoms with van der Waals surface area (Å²) in [4.78, 5) is 5.12. The molecule has 0 radical (unpaired) electrons. The molecule has 0 saturated carbocycles. The molecule has 0 spiro atoms. The largest absolute Gasteiger partial charge is 0.485 e. The van der Waals surface area contributed by atoms with Gasteiger partial charge in [0.1, 0.15) is 11.9 Å². The molecule has 0 amide bonds. The second-order valence-corrected chi connectivity index (χ2v) is 7.79. The molecule has 3 aliphatic rings. The van der Waals surface area contributed by atoms with Gasteiger partial charge in [-0.3, -0.25) is 4.99 Å². The lowest BCUT2D eigenvalue weighted by Crippen LogP contribution is -2.36. The second-order valence-electron chi connectivity index (χ2n) is 7.79. The fourth-order valence-electron chi connectivity index (χ4n) is 3.79. The second kappa shape index (κ2) is 7.49. The fourth-order valence-corrected chi connectivity index (χ4v) is 3.79. The van der Waals surface area contributed by atoms with Crippen LogP contribution in [-0.2, 0) is 0 Å². The first kappa shape index (κ1) is 17.1. The zero-order valence-corrected chi connectivity index (χ0v) is 15.7. The molecule has 26 heavy (non-hydrogen) atoms. The number of para-hydroxylation sites is 1. The van der Waals surface area contributed by atoms with Crippen LogP contribution >= 0.6 is 0 Å². The van der Waals surface area contributed by atoms with E-state index >= 15 is 0 Å². The van der Waals surface area contributed by atoms with E-state index in [1.807, 2.05) is 12.1 Å². The molecule has 0 aromatic heterocycles. The number of fused-ring (bicyclic) bond motifs is 2. The Kier molecular flexibility index (Phi) is 4.92. The maximum atomic E-state index is 6.18. The van der Waals surface area contributed by atoms with Crippen LogP contribution in [0.4, 0.5) is 0 Å². The monoisotopic (exact) mass is 345 g/mol. The quantitative estimate of drug-likeness (QED) is 0.654. The molecule has 0 saturated heterocycles. The number of rotatable bonds is 4. The topological polar surface area (TPSA) is 21.6 Å². The van der Waals surface area contributed by atoms with Crippen LogP contribution in [0.2, 0.25) is 0 Å². The van der Waals surface area contributed by atoms with Crippen LogP contribution in [0.3, 0.4) is 0 Å². The predicted molar refractivity (Wildman–Crippen MR) is 109 cm³/mol. The summed E-state index contributed by atoms with van der Waals surface area (Å²) in [5.41, 5.74) is 5.02. The Balaban J connectivity index is 1.63. The lowest BCUT2D eigenvalue weighted by atomic mass is 9.85. The van der Waals surface area contributed by atoms with E-state index in [1.54, 1.807) is 5.57 Å². The molecule has 0 bridgehead atoms. The van der Waals surface area contributed by atoms with Gasteiger partial charge in [0.05, 0.1) is 11.6 Å². The van der Waals surface area contributed by atoms with E-state index in [0.29, 0.717) is 0 Å². The van der Waals surface area contributed by atoms with Crippen LogP contribution in [0.25, 0.3) is 0 Å². The van der Waals surface area contributed by atoms with Gasteiger partial charge >= 0.3 is 0 Å². The van der Waals surface area contributed by atoms with Gasteiger partial charge in [-0.15, -0.1) is 0 Å². The van der Waals surface area contributed by atoms with Gasteiger partial charge in [0, 0.05) is 11.3 Å². The van der Waals surface area contributed by atoms with Crippen molar-refractivity contribution in [2.24, 2.45) is 16.8 Å². The molecule has 2 unspecified atom stereocenters. The maximum absolute atomic E-state index is 6.18. The van der Waals surface area contributed by atoms with Crippen molar-refractivity contribution >= 4 is 5.71 Å². The van der Waals surface area contributed by atoms with E-state index in [2.05, 4.69) is 62.4 Å². The SMILES string of the molecule is CC(C)CCC1=CC=C(N=C2c3ccccc3OC3C=CC=CC23)CC1. The van der Waals surface area contributed by atoms with Crippen LogP contribution in [0.1, 0.15) is 45.1 Å². The average molecular weight is 345 g/mol. The van der Waals surface area contributed by atoms with Crippen molar-refractivity contribution in [1.82, 2.24) is 0 Å². The maximum Gasteiger partial charge on any atom is 0.129 e. The Morgan fingerprint density at radius 2 is 1.92 bits per heavy atom. The molecule has 2 heteroatoms. The van der Waals surface area contributed by atoms with Crippen molar-refractivity contribution in [2.45, 2.75) is 45.6 Å². The van der Waals surface area contributed by atoms with E-state index in [-0.39, 0.29) is 12.0 Å². The lowest BCUT2D eigenvalue weighted by Gasteiger charge is -2.33. The molecule has 0 N–H and O–H groups in total. The molecule has 134 valence electrons. The summed E-state index contributed by atoms with van der Waals surface area (Å²) in [7, 11) is 0. The highest BCUT2D eigenvalue weighted by Gasteiger charge is 2.33. The number of hydrogen-bond acceptors (Lipinski definition) is 2. The zero-order valence-electron chi connectivity index (χ0n) is 15.7. The van der Waals surface area contributed by atoms with Crippen molar-refractivity contribution in [3.05, 3.63) is 77.6 Å². The van der Waals surface area contributed by atoms with E-state index in [0.717, 1.165) is 35.8 Å². The third-order valence-corrected chi connectivity index (χ3v) is 5.35. The standard InChI is InChI=1S/C24H27NO/c1-17(2)11-12-18-13-15-19(16-14-18)25-24-20-7-3-5-9-22(20)26-23-10-6-4-8-21(23)24/h3-10,13,15,17,20,22H,11-12,14,16H2,1-2H3. The van der Waals surface area contributed by atoms with Crippen LogP contribution in [0.5, 0.6) is 5.75 Å². The van der Waals surface area contributed by atoms with Crippen molar-refractivity contribution in [1.29, 1.82) is 0 Å². The molecule has 2 aliphatic carbocycles. The molecule has 2 atom stereocenters. The van der Waals surface area contributed by atoms with Gasteiger partial charge in [-0.05, 0) is 55.9 Å². The zero-order chi connectivity index (χ0) is 17.9. The minimum Gasteiger partial charge on any atom is -0.485 e. The Morgan fingerprint density at radius 3 is 2.73 bits per heavy atom. The first-order valence-corrected chi connectivity index (χ1v) is 9.79.